The van der Waals surface area contributed by atoms with E-state index in [2.05, 4.69) is 4.72 Å². The van der Waals surface area contributed by atoms with Gasteiger partial charge in [-0.05, 0) is 37.5 Å². The summed E-state index contributed by atoms with van der Waals surface area (Å²) in [6, 6.07) is 3.07. The first-order chi connectivity index (χ1) is 13.2. The lowest BCUT2D eigenvalue weighted by atomic mass is 10.0. The number of alkyl halides is 3. The van der Waals surface area contributed by atoms with Gasteiger partial charge < -0.3 is 14.4 Å². The number of likely N-dealkylation sites (tertiary alicyclic amines) is 1. The summed E-state index contributed by atoms with van der Waals surface area (Å²) < 4.78 is 76.1. The number of carbonyl (C=O) groups is 1. The number of hydrogen-bond acceptors (Lipinski definition) is 5. The standard InChI is InChI=1S/C17H21F3N2O5S/c18-17(19,20)12-4-3-5-13(10-12)28(24,25)21-11-15(23)22-7-2-1-6-14(22)16-26-8-9-27-16/h3-5,10,14,16,21H,1-2,6-9,11H2. The van der Waals surface area contributed by atoms with E-state index >= 15 is 0 Å². The number of rotatable bonds is 5. The van der Waals surface area contributed by atoms with Crippen molar-refractivity contribution in [2.45, 2.75) is 42.7 Å². The zero-order valence-electron chi connectivity index (χ0n) is 14.9. The Morgan fingerprint density at radius 2 is 1.93 bits per heavy atom. The lowest BCUT2D eigenvalue weighted by molar-refractivity contribution is -0.149. The summed E-state index contributed by atoms with van der Waals surface area (Å²) in [5, 5.41) is 0. The summed E-state index contributed by atoms with van der Waals surface area (Å²) in [5.41, 5.74) is -1.08. The fourth-order valence-corrected chi connectivity index (χ4v) is 4.35. The van der Waals surface area contributed by atoms with Crippen molar-refractivity contribution in [1.82, 2.24) is 9.62 Å². The van der Waals surface area contributed by atoms with Gasteiger partial charge in [0.15, 0.2) is 6.29 Å². The van der Waals surface area contributed by atoms with Gasteiger partial charge in [-0.15, -0.1) is 0 Å². The second-order valence-corrected chi connectivity index (χ2v) is 8.38. The van der Waals surface area contributed by atoms with Crippen molar-refractivity contribution in [3.8, 4) is 0 Å². The second kappa shape index (κ2) is 8.36. The molecule has 0 saturated carbocycles. The van der Waals surface area contributed by atoms with E-state index in [0.717, 1.165) is 31.0 Å². The summed E-state index contributed by atoms with van der Waals surface area (Å²) in [7, 11) is -4.27. The van der Waals surface area contributed by atoms with E-state index in [1.54, 1.807) is 0 Å². The number of benzene rings is 1. The quantitative estimate of drug-likeness (QED) is 0.782. The molecule has 1 aromatic carbocycles. The van der Waals surface area contributed by atoms with E-state index in [0.29, 0.717) is 32.2 Å². The summed E-state index contributed by atoms with van der Waals surface area (Å²) in [5.74, 6) is -0.473. The maximum Gasteiger partial charge on any atom is 0.416 e. The van der Waals surface area contributed by atoms with Gasteiger partial charge in [0.2, 0.25) is 15.9 Å². The zero-order valence-corrected chi connectivity index (χ0v) is 15.8. The van der Waals surface area contributed by atoms with Crippen LogP contribution in [0.15, 0.2) is 29.2 Å². The fourth-order valence-electron chi connectivity index (χ4n) is 3.33. The predicted octanol–water partition coefficient (Wildman–Crippen LogP) is 1.74. The zero-order chi connectivity index (χ0) is 20.4. The van der Waals surface area contributed by atoms with Crippen molar-refractivity contribution in [2.24, 2.45) is 0 Å². The van der Waals surface area contributed by atoms with Crippen molar-refractivity contribution >= 4 is 15.9 Å². The SMILES string of the molecule is O=C(CNS(=O)(=O)c1cccc(C(F)(F)F)c1)N1CCCCC1C1OCCO1. The number of sulfonamides is 1. The molecule has 0 aliphatic carbocycles. The molecule has 2 aliphatic rings. The first-order valence-corrected chi connectivity index (χ1v) is 10.4. The molecule has 1 atom stereocenters. The summed E-state index contributed by atoms with van der Waals surface area (Å²) in [6.45, 7) is 0.760. The third-order valence-electron chi connectivity index (χ3n) is 4.72. The number of carbonyl (C=O) groups excluding carboxylic acids is 1. The summed E-state index contributed by atoms with van der Waals surface area (Å²) >= 11 is 0. The van der Waals surface area contributed by atoms with Crippen molar-refractivity contribution in [2.75, 3.05) is 26.3 Å². The molecule has 1 amide bonds. The predicted molar refractivity (Wildman–Crippen MR) is 91.7 cm³/mol. The minimum Gasteiger partial charge on any atom is -0.348 e. The Morgan fingerprint density at radius 3 is 2.61 bits per heavy atom. The van der Waals surface area contributed by atoms with Gasteiger partial charge in [-0.1, -0.05) is 6.07 Å². The highest BCUT2D eigenvalue weighted by Crippen LogP contribution is 2.30. The van der Waals surface area contributed by atoms with E-state index in [-0.39, 0.29) is 6.04 Å². The van der Waals surface area contributed by atoms with Gasteiger partial charge in [0, 0.05) is 6.54 Å². The Bertz CT molecular complexity index is 809. The third-order valence-corrected chi connectivity index (χ3v) is 6.12. The minimum absolute atomic E-state index is 0.304. The molecule has 0 radical (unpaired) electrons. The van der Waals surface area contributed by atoms with Crippen LogP contribution in [0.5, 0.6) is 0 Å². The van der Waals surface area contributed by atoms with E-state index in [1.807, 2.05) is 0 Å². The number of piperidine rings is 1. The summed E-state index contributed by atoms with van der Waals surface area (Å²) in [6.07, 6.45) is -2.85. The molecule has 2 aliphatic heterocycles. The topological polar surface area (TPSA) is 84.9 Å². The molecule has 2 heterocycles. The van der Waals surface area contributed by atoms with E-state index in [1.165, 1.54) is 4.90 Å². The second-order valence-electron chi connectivity index (χ2n) is 6.61. The average Bonchev–Trinajstić information content (AvgIpc) is 3.20. The Balaban J connectivity index is 1.67. The molecule has 3 rings (SSSR count). The van der Waals surface area contributed by atoms with E-state index in [9.17, 15) is 26.4 Å². The molecule has 0 aromatic heterocycles. The highest BCUT2D eigenvalue weighted by molar-refractivity contribution is 7.89. The van der Waals surface area contributed by atoms with Crippen LogP contribution in [0.25, 0.3) is 0 Å². The van der Waals surface area contributed by atoms with Crippen molar-refractivity contribution < 1.29 is 35.9 Å². The normalized spacial score (nSPS) is 21.8. The molecule has 1 aromatic rings. The Kier molecular flexibility index (Phi) is 6.28. The van der Waals surface area contributed by atoms with Gasteiger partial charge >= 0.3 is 6.18 Å². The number of halogens is 3. The van der Waals surface area contributed by atoms with E-state index in [4.69, 9.17) is 9.47 Å². The molecule has 0 bridgehead atoms. The lowest BCUT2D eigenvalue weighted by Gasteiger charge is -2.38. The first kappa shape index (κ1) is 21.0. The maximum atomic E-state index is 12.8. The van der Waals surface area contributed by atoms with Gasteiger partial charge in [-0.3, -0.25) is 4.79 Å². The van der Waals surface area contributed by atoms with Gasteiger partial charge in [0.1, 0.15) is 0 Å². The fraction of sp³-hybridized carbons (Fsp3) is 0.588. The largest absolute Gasteiger partial charge is 0.416 e. The molecule has 1 unspecified atom stereocenters. The minimum atomic E-state index is -4.66. The number of nitrogens with one attached hydrogen (secondary N) is 1. The van der Waals surface area contributed by atoms with Crippen LogP contribution in [0.4, 0.5) is 13.2 Å². The van der Waals surface area contributed by atoms with Crippen LogP contribution in [0, 0.1) is 0 Å². The first-order valence-electron chi connectivity index (χ1n) is 8.88. The summed E-state index contributed by atoms with van der Waals surface area (Å²) in [4.78, 5) is 13.6. The van der Waals surface area contributed by atoms with Crippen molar-refractivity contribution in [3.05, 3.63) is 29.8 Å². The van der Waals surface area contributed by atoms with Gasteiger partial charge in [-0.25, -0.2) is 13.1 Å². The molecule has 156 valence electrons. The smallest absolute Gasteiger partial charge is 0.348 e. The average molecular weight is 422 g/mol. The molecule has 0 spiro atoms. The monoisotopic (exact) mass is 422 g/mol. The van der Waals surface area contributed by atoms with Gasteiger partial charge in [0.05, 0.1) is 36.3 Å². The number of amides is 1. The molecule has 11 heteroatoms. The molecule has 2 saturated heterocycles. The number of ether oxygens (including phenoxy) is 2. The van der Waals surface area contributed by atoms with Crippen molar-refractivity contribution in [3.63, 3.8) is 0 Å². The van der Waals surface area contributed by atoms with Crippen LogP contribution in [-0.2, 0) is 30.5 Å². The van der Waals surface area contributed by atoms with Gasteiger partial charge in [0.25, 0.3) is 0 Å². The Labute approximate surface area is 160 Å². The number of hydrogen-bond donors (Lipinski definition) is 1. The van der Waals surface area contributed by atoms with Crippen LogP contribution < -0.4 is 4.72 Å². The van der Waals surface area contributed by atoms with Crippen LogP contribution in [0.3, 0.4) is 0 Å². The van der Waals surface area contributed by atoms with Crippen LogP contribution in [-0.4, -0.2) is 57.9 Å². The maximum absolute atomic E-state index is 12.8. The van der Waals surface area contributed by atoms with Gasteiger partial charge in [-0.2, -0.15) is 13.2 Å². The Morgan fingerprint density at radius 1 is 1.21 bits per heavy atom. The number of nitrogens with zero attached hydrogens (tertiary/aromatic N) is 1. The molecule has 2 fully saturated rings. The van der Waals surface area contributed by atoms with Crippen LogP contribution >= 0.6 is 0 Å². The van der Waals surface area contributed by atoms with E-state index < -0.39 is 45.4 Å². The molecular formula is C17H21F3N2O5S. The van der Waals surface area contributed by atoms with Crippen LogP contribution in [0.1, 0.15) is 24.8 Å². The molecular weight excluding hydrogens is 401 g/mol. The molecule has 1 N–H and O–H groups in total. The van der Waals surface area contributed by atoms with Crippen molar-refractivity contribution in [1.29, 1.82) is 0 Å². The lowest BCUT2D eigenvalue weighted by Crippen LogP contribution is -2.52. The molecule has 28 heavy (non-hydrogen) atoms. The highest BCUT2D eigenvalue weighted by Gasteiger charge is 2.36. The highest BCUT2D eigenvalue weighted by atomic mass is 32.2. The Hall–Kier alpha value is -1.69. The third kappa shape index (κ3) is 4.83. The van der Waals surface area contributed by atoms with Crippen LogP contribution in [0.2, 0.25) is 0 Å². The molecule has 7 nitrogen and oxygen atoms in total.